The van der Waals surface area contributed by atoms with Crippen LogP contribution < -0.4 is 5.32 Å². The number of imidazole rings is 1. The van der Waals surface area contributed by atoms with E-state index in [1.54, 1.807) is 12.4 Å². The minimum atomic E-state index is -0.223. The van der Waals surface area contributed by atoms with Gasteiger partial charge in [-0.2, -0.15) is 0 Å². The molecule has 1 aliphatic heterocycles. The Morgan fingerprint density at radius 3 is 2.70 bits per heavy atom. The first-order chi connectivity index (χ1) is 16.0. The summed E-state index contributed by atoms with van der Waals surface area (Å²) in [6.07, 6.45) is 8.50. The van der Waals surface area contributed by atoms with Crippen molar-refractivity contribution in [2.45, 2.75) is 52.0 Å². The van der Waals surface area contributed by atoms with Gasteiger partial charge in [-0.15, -0.1) is 0 Å². The van der Waals surface area contributed by atoms with Gasteiger partial charge in [-0.3, -0.25) is 9.59 Å². The zero-order chi connectivity index (χ0) is 23.2. The van der Waals surface area contributed by atoms with E-state index >= 15 is 0 Å². The molecule has 3 heterocycles. The van der Waals surface area contributed by atoms with E-state index in [0.717, 1.165) is 43.9 Å². The van der Waals surface area contributed by atoms with Gasteiger partial charge in [0.1, 0.15) is 11.6 Å². The molecule has 8 nitrogen and oxygen atoms in total. The van der Waals surface area contributed by atoms with Crippen LogP contribution in [0.3, 0.4) is 0 Å². The van der Waals surface area contributed by atoms with Crippen LogP contribution in [0.4, 0.5) is 5.69 Å². The molecule has 0 bridgehead atoms. The van der Waals surface area contributed by atoms with Crippen LogP contribution in [0.15, 0.2) is 48.9 Å². The fourth-order valence-corrected chi connectivity index (χ4v) is 4.24. The molecule has 0 aliphatic carbocycles. The van der Waals surface area contributed by atoms with Crippen LogP contribution >= 0.6 is 0 Å². The number of aromatic nitrogens is 4. The van der Waals surface area contributed by atoms with E-state index in [0.29, 0.717) is 30.0 Å². The Balaban J connectivity index is 1.34. The number of hydrogen-bond donors (Lipinski definition) is 1. The van der Waals surface area contributed by atoms with Gasteiger partial charge in [0.15, 0.2) is 0 Å². The molecule has 33 heavy (non-hydrogen) atoms. The van der Waals surface area contributed by atoms with Crippen molar-refractivity contribution in [3.63, 3.8) is 0 Å². The van der Waals surface area contributed by atoms with Crippen LogP contribution in [0.2, 0.25) is 0 Å². The van der Waals surface area contributed by atoms with Gasteiger partial charge in [0.25, 0.3) is 5.91 Å². The minimum absolute atomic E-state index is 0.0866. The highest BCUT2D eigenvalue weighted by atomic mass is 16.2. The number of hydrogen-bond acceptors (Lipinski definition) is 5. The topological polar surface area (TPSA) is 93.0 Å². The molecule has 1 saturated heterocycles. The van der Waals surface area contributed by atoms with Gasteiger partial charge in [0.2, 0.25) is 5.91 Å². The first-order valence-electron chi connectivity index (χ1n) is 11.5. The lowest BCUT2D eigenvalue weighted by atomic mass is 9.96. The van der Waals surface area contributed by atoms with Gasteiger partial charge in [0.05, 0.1) is 11.3 Å². The zero-order valence-corrected chi connectivity index (χ0v) is 19.2. The van der Waals surface area contributed by atoms with E-state index in [2.05, 4.69) is 24.8 Å². The van der Waals surface area contributed by atoms with Gasteiger partial charge in [0, 0.05) is 56.3 Å². The Morgan fingerprint density at radius 2 is 1.97 bits per heavy atom. The Labute approximate surface area is 194 Å². The second kappa shape index (κ2) is 10.4. The molecule has 1 aromatic carbocycles. The molecule has 8 heteroatoms. The number of likely N-dealkylation sites (tertiary alicyclic amines) is 1. The number of aryl methyl sites for hydroxylation is 3. The third kappa shape index (κ3) is 5.63. The summed E-state index contributed by atoms with van der Waals surface area (Å²) in [4.78, 5) is 40.7. The minimum Gasteiger partial charge on any atom is -0.342 e. The molecule has 3 aromatic rings. The molecule has 1 aliphatic rings. The zero-order valence-electron chi connectivity index (χ0n) is 19.2. The fourth-order valence-electron chi connectivity index (χ4n) is 4.24. The van der Waals surface area contributed by atoms with Crippen LogP contribution in [-0.4, -0.2) is 49.3 Å². The van der Waals surface area contributed by atoms with Crippen molar-refractivity contribution in [2.24, 2.45) is 0 Å². The maximum Gasteiger partial charge on any atom is 0.259 e. The number of rotatable bonds is 7. The lowest BCUT2D eigenvalue weighted by Gasteiger charge is -2.32. The van der Waals surface area contributed by atoms with E-state index in [4.69, 9.17) is 0 Å². The third-order valence-corrected chi connectivity index (χ3v) is 6.13. The molecule has 1 fully saturated rings. The Bertz CT molecular complexity index is 1110. The molecular formula is C25H30N6O2. The third-order valence-electron chi connectivity index (χ3n) is 6.13. The van der Waals surface area contributed by atoms with Crippen molar-refractivity contribution >= 4 is 17.5 Å². The summed E-state index contributed by atoms with van der Waals surface area (Å²) in [5.74, 6) is 1.71. The lowest BCUT2D eigenvalue weighted by molar-refractivity contribution is -0.132. The molecule has 0 radical (unpaired) electrons. The molecule has 2 aromatic heterocycles. The van der Waals surface area contributed by atoms with Crippen LogP contribution in [0.1, 0.15) is 59.3 Å². The van der Waals surface area contributed by atoms with Gasteiger partial charge >= 0.3 is 0 Å². The van der Waals surface area contributed by atoms with Crippen molar-refractivity contribution in [3.8, 4) is 0 Å². The van der Waals surface area contributed by atoms with E-state index in [9.17, 15) is 9.59 Å². The van der Waals surface area contributed by atoms with Gasteiger partial charge < -0.3 is 14.8 Å². The number of amides is 2. The molecule has 4 rings (SSSR count). The summed E-state index contributed by atoms with van der Waals surface area (Å²) in [5.41, 5.74) is 1.84. The van der Waals surface area contributed by atoms with Crippen molar-refractivity contribution in [2.75, 3.05) is 18.4 Å². The van der Waals surface area contributed by atoms with Crippen molar-refractivity contribution < 1.29 is 9.59 Å². The first kappa shape index (κ1) is 22.6. The standard InChI is InChI=1S/C25H30N6O2/c1-18-22(25(33)29-21-9-4-3-5-10-21)16-27-24(28-18)20-8-6-14-31(17-20)23(32)11-7-13-30-15-12-26-19(30)2/h3-5,9-10,12,15-16,20H,6-8,11,13-14,17H2,1-2H3,(H,29,33). The van der Waals surface area contributed by atoms with Crippen molar-refractivity contribution in [3.05, 3.63) is 71.8 Å². The first-order valence-corrected chi connectivity index (χ1v) is 11.5. The SMILES string of the molecule is Cc1nc(C2CCCN(C(=O)CCCn3ccnc3C)C2)ncc1C(=O)Nc1ccccc1. The molecule has 1 unspecified atom stereocenters. The summed E-state index contributed by atoms with van der Waals surface area (Å²) in [6, 6.07) is 9.32. The quantitative estimate of drug-likeness (QED) is 0.597. The lowest BCUT2D eigenvalue weighted by Crippen LogP contribution is -2.39. The summed E-state index contributed by atoms with van der Waals surface area (Å²) >= 11 is 0. The number of nitrogens with zero attached hydrogens (tertiary/aromatic N) is 5. The Hall–Kier alpha value is -3.55. The summed E-state index contributed by atoms with van der Waals surface area (Å²) < 4.78 is 2.07. The summed E-state index contributed by atoms with van der Waals surface area (Å²) in [6.45, 7) is 5.99. The number of piperidine rings is 1. The average Bonchev–Trinajstić information content (AvgIpc) is 3.24. The number of benzene rings is 1. The van der Waals surface area contributed by atoms with Gasteiger partial charge in [-0.25, -0.2) is 15.0 Å². The van der Waals surface area contributed by atoms with Gasteiger partial charge in [-0.1, -0.05) is 18.2 Å². The molecule has 2 amide bonds. The maximum atomic E-state index is 12.8. The Kier molecular flexibility index (Phi) is 7.12. The molecule has 1 N–H and O–H groups in total. The second-order valence-corrected chi connectivity index (χ2v) is 8.50. The fraction of sp³-hybridized carbons (Fsp3) is 0.400. The molecule has 1 atom stereocenters. The van der Waals surface area contributed by atoms with Crippen molar-refractivity contribution in [1.82, 2.24) is 24.4 Å². The number of carbonyl (C=O) groups is 2. The predicted octanol–water partition coefficient (Wildman–Crippen LogP) is 3.73. The maximum absolute atomic E-state index is 12.8. The number of carbonyl (C=O) groups excluding carboxylic acids is 2. The normalized spacial score (nSPS) is 15.9. The Morgan fingerprint density at radius 1 is 1.15 bits per heavy atom. The number of anilines is 1. The number of para-hydroxylation sites is 1. The van der Waals surface area contributed by atoms with Crippen LogP contribution in [0.5, 0.6) is 0 Å². The van der Waals surface area contributed by atoms with Crippen LogP contribution in [0.25, 0.3) is 0 Å². The summed E-state index contributed by atoms with van der Waals surface area (Å²) in [5, 5.41) is 2.88. The monoisotopic (exact) mass is 446 g/mol. The highest BCUT2D eigenvalue weighted by Crippen LogP contribution is 2.26. The van der Waals surface area contributed by atoms with E-state index in [-0.39, 0.29) is 17.7 Å². The molecule has 172 valence electrons. The molecule has 0 saturated carbocycles. The largest absolute Gasteiger partial charge is 0.342 e. The average molecular weight is 447 g/mol. The van der Waals surface area contributed by atoms with Gasteiger partial charge in [-0.05, 0) is 45.2 Å². The second-order valence-electron chi connectivity index (χ2n) is 8.50. The van der Waals surface area contributed by atoms with Crippen LogP contribution in [-0.2, 0) is 11.3 Å². The van der Waals surface area contributed by atoms with E-state index in [1.807, 2.05) is 55.3 Å². The highest BCUT2D eigenvalue weighted by Gasteiger charge is 2.27. The van der Waals surface area contributed by atoms with Crippen molar-refractivity contribution in [1.29, 1.82) is 0 Å². The van der Waals surface area contributed by atoms with Crippen LogP contribution in [0, 0.1) is 13.8 Å². The highest BCUT2D eigenvalue weighted by molar-refractivity contribution is 6.04. The smallest absolute Gasteiger partial charge is 0.259 e. The van der Waals surface area contributed by atoms with E-state index in [1.165, 1.54) is 0 Å². The summed E-state index contributed by atoms with van der Waals surface area (Å²) in [7, 11) is 0. The molecular weight excluding hydrogens is 416 g/mol. The number of nitrogens with one attached hydrogen (secondary N) is 1. The molecule has 0 spiro atoms. The van der Waals surface area contributed by atoms with E-state index < -0.39 is 0 Å². The predicted molar refractivity (Wildman–Crippen MR) is 126 cm³/mol.